The molecule has 1 N–H and O–H groups in total. The molecule has 4 rings (SSSR count). The van der Waals surface area contributed by atoms with Crippen LogP contribution in [-0.2, 0) is 17.4 Å². The van der Waals surface area contributed by atoms with Crippen molar-refractivity contribution in [1.29, 1.82) is 0 Å². The number of rotatable bonds is 1. The van der Waals surface area contributed by atoms with Gasteiger partial charge in [0.2, 0.25) is 5.91 Å². The molecule has 1 aromatic heterocycles. The molecule has 3 aromatic rings. The topological polar surface area (TPSA) is 36.1 Å². The Kier molecular flexibility index (Phi) is 3.79. The second kappa shape index (κ2) is 5.90. The largest absolute Gasteiger partial charge is 0.416 e. The number of amides is 1. The first kappa shape index (κ1) is 16.7. The molecule has 2 heterocycles. The number of carbonyl (C=O) groups excluding carboxylic acids is 1. The molecule has 2 aromatic carbocycles. The number of hydrogen-bond acceptors (Lipinski definition) is 1. The van der Waals surface area contributed by atoms with Gasteiger partial charge in [0.15, 0.2) is 0 Å². The second-order valence-electron chi connectivity index (χ2n) is 6.51. The predicted octanol–water partition coefficient (Wildman–Crippen LogP) is 4.68. The molecule has 1 atom stereocenters. The highest BCUT2D eigenvalue weighted by Gasteiger charge is 2.40. The highest BCUT2D eigenvalue weighted by atomic mass is 19.4. The van der Waals surface area contributed by atoms with Gasteiger partial charge >= 0.3 is 6.18 Å². The summed E-state index contributed by atoms with van der Waals surface area (Å²) in [4.78, 5) is 17.0. The summed E-state index contributed by atoms with van der Waals surface area (Å²) in [6, 6.07) is 12.4. The molecule has 6 heteroatoms. The minimum atomic E-state index is -4.48. The van der Waals surface area contributed by atoms with Gasteiger partial charge in [-0.05, 0) is 29.7 Å². The standard InChI is InChI=1S/C20H17F3N2O/c1-12(26)25-11-10-14-13-6-3-5-9-17(13)24-18(14)19(25)15-7-2-4-8-16(15)20(21,22)23/h2-9,19,24H,10-11H2,1H3/t19-/m0/s1. The van der Waals surface area contributed by atoms with Gasteiger partial charge in [0.05, 0.1) is 11.6 Å². The van der Waals surface area contributed by atoms with E-state index in [1.807, 2.05) is 24.3 Å². The molecule has 0 saturated heterocycles. The van der Waals surface area contributed by atoms with Crippen LogP contribution < -0.4 is 0 Å². The fraction of sp³-hybridized carbons (Fsp3) is 0.250. The Morgan fingerprint density at radius 3 is 2.54 bits per heavy atom. The highest BCUT2D eigenvalue weighted by Crippen LogP contribution is 2.43. The summed E-state index contributed by atoms with van der Waals surface area (Å²) < 4.78 is 40.8. The van der Waals surface area contributed by atoms with Gasteiger partial charge < -0.3 is 9.88 Å². The van der Waals surface area contributed by atoms with Crippen molar-refractivity contribution in [2.24, 2.45) is 0 Å². The molecule has 0 unspecified atom stereocenters. The lowest BCUT2D eigenvalue weighted by atomic mass is 9.89. The third-order valence-corrected chi connectivity index (χ3v) is 5.00. The van der Waals surface area contributed by atoms with E-state index < -0.39 is 17.8 Å². The van der Waals surface area contributed by atoms with Gasteiger partial charge in [0.25, 0.3) is 0 Å². The quantitative estimate of drug-likeness (QED) is 0.674. The van der Waals surface area contributed by atoms with Crippen LogP contribution in [-0.4, -0.2) is 22.3 Å². The van der Waals surface area contributed by atoms with E-state index in [1.54, 1.807) is 6.07 Å². The fourth-order valence-corrected chi connectivity index (χ4v) is 3.90. The predicted molar refractivity (Wildman–Crippen MR) is 92.7 cm³/mol. The Hall–Kier alpha value is -2.76. The number of aromatic amines is 1. The molecule has 134 valence electrons. The van der Waals surface area contributed by atoms with E-state index in [0.29, 0.717) is 18.7 Å². The molecule has 1 aliphatic rings. The van der Waals surface area contributed by atoms with Gasteiger partial charge in [-0.15, -0.1) is 0 Å². The van der Waals surface area contributed by atoms with E-state index >= 15 is 0 Å². The molecule has 0 radical (unpaired) electrons. The first-order valence-electron chi connectivity index (χ1n) is 8.40. The van der Waals surface area contributed by atoms with Crippen LogP contribution >= 0.6 is 0 Å². The van der Waals surface area contributed by atoms with Crippen molar-refractivity contribution in [2.45, 2.75) is 25.6 Å². The molecule has 0 aliphatic carbocycles. The Morgan fingerprint density at radius 2 is 1.81 bits per heavy atom. The molecule has 0 spiro atoms. The van der Waals surface area contributed by atoms with Crippen LogP contribution in [0.15, 0.2) is 48.5 Å². The molecule has 0 saturated carbocycles. The number of alkyl halides is 3. The zero-order chi connectivity index (χ0) is 18.5. The summed E-state index contributed by atoms with van der Waals surface area (Å²) in [6.45, 7) is 1.79. The van der Waals surface area contributed by atoms with Crippen LogP contribution in [0.1, 0.15) is 35.3 Å². The van der Waals surface area contributed by atoms with Crippen molar-refractivity contribution in [3.8, 4) is 0 Å². The van der Waals surface area contributed by atoms with E-state index in [9.17, 15) is 18.0 Å². The van der Waals surface area contributed by atoms with E-state index in [-0.39, 0.29) is 11.5 Å². The lowest BCUT2D eigenvalue weighted by Gasteiger charge is -2.36. The second-order valence-corrected chi connectivity index (χ2v) is 6.51. The van der Waals surface area contributed by atoms with E-state index in [0.717, 1.165) is 22.5 Å². The first-order valence-corrected chi connectivity index (χ1v) is 8.40. The van der Waals surface area contributed by atoms with E-state index in [2.05, 4.69) is 4.98 Å². The summed E-state index contributed by atoms with van der Waals surface area (Å²) in [5, 5.41) is 1.00. The molecule has 3 nitrogen and oxygen atoms in total. The average molecular weight is 358 g/mol. The summed E-state index contributed by atoms with van der Waals surface area (Å²) >= 11 is 0. The fourth-order valence-electron chi connectivity index (χ4n) is 3.90. The number of hydrogen-bond donors (Lipinski definition) is 1. The Labute approximate surface area is 148 Å². The third kappa shape index (κ3) is 2.57. The zero-order valence-corrected chi connectivity index (χ0v) is 14.1. The molecular weight excluding hydrogens is 341 g/mol. The molecular formula is C20H17F3N2O. The van der Waals surface area contributed by atoms with Gasteiger partial charge in [-0.25, -0.2) is 0 Å². The number of nitrogens with one attached hydrogen (secondary N) is 1. The molecule has 0 fully saturated rings. The number of carbonyl (C=O) groups is 1. The average Bonchev–Trinajstić information content (AvgIpc) is 2.98. The van der Waals surface area contributed by atoms with Gasteiger partial charge in [-0.2, -0.15) is 13.2 Å². The number of para-hydroxylation sites is 1. The van der Waals surface area contributed by atoms with Gasteiger partial charge in [0.1, 0.15) is 0 Å². The number of nitrogens with zero attached hydrogens (tertiary/aromatic N) is 1. The maximum atomic E-state index is 13.6. The monoisotopic (exact) mass is 358 g/mol. The number of benzene rings is 2. The van der Waals surface area contributed by atoms with Crippen molar-refractivity contribution in [2.75, 3.05) is 6.54 Å². The summed E-state index contributed by atoms with van der Waals surface area (Å²) in [5.74, 6) is -0.240. The zero-order valence-electron chi connectivity index (χ0n) is 14.1. The van der Waals surface area contributed by atoms with Gasteiger partial charge in [-0.1, -0.05) is 36.4 Å². The Balaban J connectivity index is 1.98. The van der Waals surface area contributed by atoms with Crippen LogP contribution in [0.5, 0.6) is 0 Å². The van der Waals surface area contributed by atoms with Crippen molar-refractivity contribution >= 4 is 16.8 Å². The summed E-state index contributed by atoms with van der Waals surface area (Å²) in [6.07, 6.45) is -3.87. The maximum absolute atomic E-state index is 13.6. The van der Waals surface area contributed by atoms with E-state index in [1.165, 1.54) is 24.0 Å². The smallest absolute Gasteiger partial charge is 0.356 e. The van der Waals surface area contributed by atoms with Crippen LogP contribution in [0.3, 0.4) is 0 Å². The minimum Gasteiger partial charge on any atom is -0.356 e. The number of aromatic nitrogens is 1. The van der Waals surface area contributed by atoms with Gasteiger partial charge in [0, 0.05) is 30.1 Å². The van der Waals surface area contributed by atoms with E-state index in [4.69, 9.17) is 0 Å². The number of H-pyrrole nitrogens is 1. The van der Waals surface area contributed by atoms with Crippen molar-refractivity contribution < 1.29 is 18.0 Å². The highest BCUT2D eigenvalue weighted by molar-refractivity contribution is 5.86. The Morgan fingerprint density at radius 1 is 1.12 bits per heavy atom. The molecule has 26 heavy (non-hydrogen) atoms. The molecule has 1 amide bonds. The summed E-state index contributed by atoms with van der Waals surface area (Å²) in [5.41, 5.74) is 1.92. The summed E-state index contributed by atoms with van der Waals surface area (Å²) in [7, 11) is 0. The first-order chi connectivity index (χ1) is 12.4. The van der Waals surface area contributed by atoms with Crippen molar-refractivity contribution in [1.82, 2.24) is 9.88 Å². The SMILES string of the molecule is CC(=O)N1CCc2c([nH]c3ccccc23)[C@@H]1c1ccccc1C(F)(F)F. The van der Waals surface area contributed by atoms with Crippen LogP contribution in [0, 0.1) is 0 Å². The third-order valence-electron chi connectivity index (χ3n) is 5.00. The molecule has 0 bridgehead atoms. The van der Waals surface area contributed by atoms with Crippen LogP contribution in [0.2, 0.25) is 0 Å². The maximum Gasteiger partial charge on any atom is 0.416 e. The normalized spacial score (nSPS) is 17.4. The Bertz CT molecular complexity index is 990. The number of halogens is 3. The van der Waals surface area contributed by atoms with Crippen molar-refractivity contribution in [3.05, 3.63) is 70.9 Å². The van der Waals surface area contributed by atoms with Crippen LogP contribution in [0.4, 0.5) is 13.2 Å². The minimum absolute atomic E-state index is 0.0997. The van der Waals surface area contributed by atoms with Crippen LogP contribution in [0.25, 0.3) is 10.9 Å². The lowest BCUT2D eigenvalue weighted by Crippen LogP contribution is -2.40. The molecule has 1 aliphatic heterocycles. The lowest BCUT2D eigenvalue weighted by molar-refractivity contribution is -0.140. The van der Waals surface area contributed by atoms with Gasteiger partial charge in [-0.3, -0.25) is 4.79 Å². The number of fused-ring (bicyclic) bond motifs is 3. The van der Waals surface area contributed by atoms with Crippen molar-refractivity contribution in [3.63, 3.8) is 0 Å².